The lowest BCUT2D eigenvalue weighted by Crippen LogP contribution is -2.17. The minimum Gasteiger partial charge on any atom is -0.495 e. The maximum atomic E-state index is 10.7. The second-order valence-corrected chi connectivity index (χ2v) is 5.23. The molecule has 15 heavy (non-hydrogen) atoms. The highest BCUT2D eigenvalue weighted by molar-refractivity contribution is 7.89. The fourth-order valence-corrected chi connectivity index (χ4v) is 1.93. The average Bonchev–Trinajstić information content (AvgIpc) is 2.14. The lowest BCUT2D eigenvalue weighted by molar-refractivity contribution is 0.415. The van der Waals surface area contributed by atoms with Crippen LogP contribution < -0.4 is 9.88 Å². The largest absolute Gasteiger partial charge is 0.495 e. The summed E-state index contributed by atoms with van der Waals surface area (Å²) in [6.07, 6.45) is 0.350. The number of aryl methyl sites for hydroxylation is 1. The van der Waals surface area contributed by atoms with Gasteiger partial charge in [-0.3, -0.25) is 0 Å². The minimum atomic E-state index is -3.43. The molecule has 0 amide bonds. The van der Waals surface area contributed by atoms with Crippen molar-refractivity contribution in [2.24, 2.45) is 5.14 Å². The summed E-state index contributed by atoms with van der Waals surface area (Å²) in [6, 6.07) is 5.13. The van der Waals surface area contributed by atoms with E-state index < -0.39 is 10.0 Å². The van der Waals surface area contributed by atoms with Crippen molar-refractivity contribution in [3.05, 3.63) is 28.8 Å². The van der Waals surface area contributed by atoms with Crippen molar-refractivity contribution in [1.29, 1.82) is 0 Å². The van der Waals surface area contributed by atoms with Crippen LogP contribution in [0.25, 0.3) is 0 Å². The fourth-order valence-electron chi connectivity index (χ4n) is 1.13. The summed E-state index contributed by atoms with van der Waals surface area (Å²) in [5, 5.41) is 5.35. The van der Waals surface area contributed by atoms with Gasteiger partial charge in [-0.25, -0.2) is 13.6 Å². The molecule has 0 unspecified atom stereocenters. The Kier molecular flexibility index (Phi) is 3.96. The highest BCUT2D eigenvalue weighted by Crippen LogP contribution is 2.25. The molecule has 0 aliphatic heterocycles. The number of primary sulfonamides is 1. The number of benzene rings is 1. The summed E-state index contributed by atoms with van der Waals surface area (Å²) >= 11 is 5.87. The highest BCUT2D eigenvalue weighted by Gasteiger charge is 2.06. The van der Waals surface area contributed by atoms with Crippen LogP contribution in [0.3, 0.4) is 0 Å². The zero-order valence-electron chi connectivity index (χ0n) is 8.23. The molecular weight excluding hydrogens is 238 g/mol. The van der Waals surface area contributed by atoms with Crippen molar-refractivity contribution in [2.45, 2.75) is 6.42 Å². The van der Waals surface area contributed by atoms with Gasteiger partial charge in [-0.1, -0.05) is 17.7 Å². The lowest BCUT2D eigenvalue weighted by atomic mass is 10.2. The van der Waals surface area contributed by atoms with Crippen LogP contribution in [0.15, 0.2) is 18.2 Å². The predicted molar refractivity (Wildman–Crippen MR) is 59.7 cm³/mol. The Bertz CT molecular complexity index is 445. The predicted octanol–water partition coefficient (Wildman–Crippen LogP) is 1.18. The Hall–Kier alpha value is -0.780. The van der Waals surface area contributed by atoms with Gasteiger partial charge < -0.3 is 4.74 Å². The van der Waals surface area contributed by atoms with E-state index in [4.69, 9.17) is 21.5 Å². The maximum absolute atomic E-state index is 10.7. The third kappa shape index (κ3) is 4.07. The first-order valence-corrected chi connectivity index (χ1v) is 6.34. The number of ether oxygens (including phenoxy) is 1. The van der Waals surface area contributed by atoms with E-state index in [1.807, 2.05) is 0 Å². The number of hydrogen-bond acceptors (Lipinski definition) is 3. The molecule has 0 radical (unpaired) electrons. The number of rotatable bonds is 4. The van der Waals surface area contributed by atoms with Gasteiger partial charge in [0.1, 0.15) is 5.75 Å². The Balaban J connectivity index is 2.76. The number of methoxy groups -OCH3 is 1. The molecule has 0 bridgehead atoms. The van der Waals surface area contributed by atoms with E-state index in [9.17, 15) is 8.42 Å². The Morgan fingerprint density at radius 2 is 2.13 bits per heavy atom. The first-order chi connectivity index (χ1) is 6.92. The van der Waals surface area contributed by atoms with Crippen LogP contribution in [0, 0.1) is 0 Å². The van der Waals surface area contributed by atoms with Gasteiger partial charge in [0.25, 0.3) is 0 Å². The van der Waals surface area contributed by atoms with Crippen molar-refractivity contribution < 1.29 is 13.2 Å². The summed E-state index contributed by atoms with van der Waals surface area (Å²) < 4.78 is 26.4. The number of hydrogen-bond donors (Lipinski definition) is 1. The summed E-state index contributed by atoms with van der Waals surface area (Å²) in [5.41, 5.74) is 0.815. The molecule has 0 aromatic heterocycles. The summed E-state index contributed by atoms with van der Waals surface area (Å²) in [5.74, 6) is 0.478. The molecule has 0 saturated heterocycles. The molecule has 1 aromatic carbocycles. The van der Waals surface area contributed by atoms with Crippen molar-refractivity contribution >= 4 is 21.6 Å². The molecule has 1 aromatic rings. The third-order valence-electron chi connectivity index (χ3n) is 1.89. The molecule has 0 aliphatic carbocycles. The van der Waals surface area contributed by atoms with Crippen LogP contribution in [0.5, 0.6) is 5.75 Å². The fraction of sp³-hybridized carbons (Fsp3) is 0.333. The average molecular weight is 250 g/mol. The van der Waals surface area contributed by atoms with E-state index in [0.29, 0.717) is 17.2 Å². The number of halogens is 1. The van der Waals surface area contributed by atoms with E-state index in [2.05, 4.69) is 0 Å². The second kappa shape index (κ2) is 4.83. The van der Waals surface area contributed by atoms with E-state index in [1.165, 1.54) is 7.11 Å². The molecule has 2 N–H and O–H groups in total. The van der Waals surface area contributed by atoms with E-state index in [1.54, 1.807) is 18.2 Å². The van der Waals surface area contributed by atoms with Crippen molar-refractivity contribution in [3.8, 4) is 5.75 Å². The van der Waals surface area contributed by atoms with Crippen molar-refractivity contribution in [3.63, 3.8) is 0 Å². The van der Waals surface area contributed by atoms with Crippen LogP contribution in [-0.4, -0.2) is 21.3 Å². The Morgan fingerprint density at radius 3 is 2.60 bits per heavy atom. The van der Waals surface area contributed by atoms with Crippen LogP contribution in [0.2, 0.25) is 5.02 Å². The molecule has 0 heterocycles. The van der Waals surface area contributed by atoms with Gasteiger partial charge in [0.2, 0.25) is 10.0 Å². The molecule has 0 atom stereocenters. The standard InChI is InChI=1S/C9H12ClNO3S/c1-14-9-3-2-7(6-8(9)10)4-5-15(11,12)13/h2-3,6H,4-5H2,1H3,(H2,11,12,13). The SMILES string of the molecule is COc1ccc(CCS(N)(=O)=O)cc1Cl. The maximum Gasteiger partial charge on any atom is 0.209 e. The smallest absolute Gasteiger partial charge is 0.209 e. The van der Waals surface area contributed by atoms with Gasteiger partial charge in [-0.2, -0.15) is 0 Å². The summed E-state index contributed by atoms with van der Waals surface area (Å²) in [4.78, 5) is 0. The van der Waals surface area contributed by atoms with Gasteiger partial charge in [-0.15, -0.1) is 0 Å². The summed E-state index contributed by atoms with van der Waals surface area (Å²) in [6.45, 7) is 0. The molecule has 0 spiro atoms. The van der Waals surface area contributed by atoms with E-state index in [-0.39, 0.29) is 5.75 Å². The molecule has 0 saturated carbocycles. The lowest BCUT2D eigenvalue weighted by Gasteiger charge is -2.05. The van der Waals surface area contributed by atoms with Gasteiger partial charge in [0.05, 0.1) is 17.9 Å². The first kappa shape index (κ1) is 12.3. The van der Waals surface area contributed by atoms with Crippen LogP contribution in [0.1, 0.15) is 5.56 Å². The quantitative estimate of drug-likeness (QED) is 0.871. The number of nitrogens with two attached hydrogens (primary N) is 1. The van der Waals surface area contributed by atoms with Crippen LogP contribution in [0.4, 0.5) is 0 Å². The minimum absolute atomic E-state index is 0.0876. The summed E-state index contributed by atoms with van der Waals surface area (Å²) in [7, 11) is -1.91. The van der Waals surface area contributed by atoms with Crippen molar-refractivity contribution in [1.82, 2.24) is 0 Å². The molecule has 4 nitrogen and oxygen atoms in total. The van der Waals surface area contributed by atoms with Gasteiger partial charge >= 0.3 is 0 Å². The zero-order chi connectivity index (χ0) is 11.5. The first-order valence-electron chi connectivity index (χ1n) is 4.25. The zero-order valence-corrected chi connectivity index (χ0v) is 9.81. The van der Waals surface area contributed by atoms with Crippen LogP contribution in [-0.2, 0) is 16.4 Å². The second-order valence-electron chi connectivity index (χ2n) is 3.09. The van der Waals surface area contributed by atoms with Gasteiger partial charge in [-0.05, 0) is 24.1 Å². The third-order valence-corrected chi connectivity index (χ3v) is 2.96. The van der Waals surface area contributed by atoms with Gasteiger partial charge in [0, 0.05) is 0 Å². The molecule has 84 valence electrons. The monoisotopic (exact) mass is 249 g/mol. The van der Waals surface area contributed by atoms with Gasteiger partial charge in [0.15, 0.2) is 0 Å². The molecular formula is C9H12ClNO3S. The molecule has 6 heteroatoms. The van der Waals surface area contributed by atoms with E-state index in [0.717, 1.165) is 5.56 Å². The van der Waals surface area contributed by atoms with Crippen molar-refractivity contribution in [2.75, 3.05) is 12.9 Å². The number of sulfonamides is 1. The Morgan fingerprint density at radius 1 is 1.47 bits per heavy atom. The Labute approximate surface area is 94.0 Å². The normalized spacial score (nSPS) is 11.4. The molecule has 0 fully saturated rings. The molecule has 1 rings (SSSR count). The topological polar surface area (TPSA) is 69.4 Å². The van der Waals surface area contributed by atoms with E-state index >= 15 is 0 Å². The highest BCUT2D eigenvalue weighted by atomic mass is 35.5. The van der Waals surface area contributed by atoms with Crippen LogP contribution >= 0.6 is 11.6 Å². The molecule has 0 aliphatic rings.